The maximum absolute atomic E-state index is 12.0. The van der Waals surface area contributed by atoms with Crippen LogP contribution in [0.4, 0.5) is 5.69 Å². The zero-order chi connectivity index (χ0) is 18.2. The van der Waals surface area contributed by atoms with E-state index in [0.717, 1.165) is 4.47 Å². The number of halogens is 1. The molecule has 0 heterocycles. The number of rotatable bonds is 7. The Balaban J connectivity index is 1.79. The Morgan fingerprint density at radius 1 is 1.04 bits per heavy atom. The highest BCUT2D eigenvalue weighted by molar-refractivity contribution is 9.10. The predicted molar refractivity (Wildman–Crippen MR) is 98.3 cm³/mol. The van der Waals surface area contributed by atoms with Gasteiger partial charge in [-0.05, 0) is 25.1 Å². The molecule has 6 heteroatoms. The number of ketones is 1. The minimum absolute atomic E-state index is 0.0445. The molecule has 2 rings (SSSR count). The van der Waals surface area contributed by atoms with Gasteiger partial charge in [0.05, 0.1) is 6.42 Å². The molecule has 0 aliphatic heterocycles. The lowest BCUT2D eigenvalue weighted by Crippen LogP contribution is -2.30. The predicted octanol–water partition coefficient (Wildman–Crippen LogP) is 3.98. The summed E-state index contributed by atoms with van der Waals surface area (Å²) < 4.78 is 5.91. The third kappa shape index (κ3) is 6.15. The second-order valence-corrected chi connectivity index (χ2v) is 6.34. The molecular weight excluding hydrogens is 386 g/mol. The number of carbonyl (C=O) groups excluding carboxylic acids is 3. The molecule has 130 valence electrons. The van der Waals surface area contributed by atoms with Crippen molar-refractivity contribution in [1.29, 1.82) is 0 Å². The Hall–Kier alpha value is -2.47. The van der Waals surface area contributed by atoms with Crippen LogP contribution in [0.25, 0.3) is 0 Å². The molecule has 0 unspecified atom stereocenters. The second-order valence-electron chi connectivity index (χ2n) is 5.42. The molecule has 0 aliphatic carbocycles. The van der Waals surface area contributed by atoms with Crippen LogP contribution < -0.4 is 5.32 Å². The average molecular weight is 404 g/mol. The van der Waals surface area contributed by atoms with Gasteiger partial charge in [0.1, 0.15) is 0 Å². The highest BCUT2D eigenvalue weighted by Gasteiger charge is 2.19. The zero-order valence-electron chi connectivity index (χ0n) is 13.7. The molecule has 1 N–H and O–H groups in total. The molecule has 25 heavy (non-hydrogen) atoms. The maximum atomic E-state index is 12.0. The number of Topliss-reactive ketones (excluding diaryl/α,β-unsaturated/α-hetero) is 1. The van der Waals surface area contributed by atoms with E-state index in [1.807, 2.05) is 12.1 Å². The third-order valence-corrected chi connectivity index (χ3v) is 3.91. The summed E-state index contributed by atoms with van der Waals surface area (Å²) in [4.78, 5) is 35.8. The van der Waals surface area contributed by atoms with E-state index in [1.54, 1.807) is 42.5 Å². The van der Waals surface area contributed by atoms with Crippen molar-refractivity contribution < 1.29 is 19.1 Å². The summed E-state index contributed by atoms with van der Waals surface area (Å²) in [6, 6.07) is 15.8. The summed E-state index contributed by atoms with van der Waals surface area (Å²) in [5.41, 5.74) is 1.15. The van der Waals surface area contributed by atoms with Gasteiger partial charge in [-0.15, -0.1) is 0 Å². The molecule has 0 bridgehead atoms. The lowest BCUT2D eigenvalue weighted by atomic mass is 10.1. The number of hydrogen-bond donors (Lipinski definition) is 1. The van der Waals surface area contributed by atoms with Crippen molar-refractivity contribution >= 4 is 39.3 Å². The normalized spacial score (nSPS) is 11.4. The first kappa shape index (κ1) is 18.9. The summed E-state index contributed by atoms with van der Waals surface area (Å²) in [7, 11) is 0. The van der Waals surface area contributed by atoms with Crippen molar-refractivity contribution in [3.05, 3.63) is 64.6 Å². The number of nitrogens with one attached hydrogen (secondary N) is 1. The van der Waals surface area contributed by atoms with Crippen LogP contribution in [0.5, 0.6) is 0 Å². The van der Waals surface area contributed by atoms with Crippen LogP contribution in [0.1, 0.15) is 30.1 Å². The highest BCUT2D eigenvalue weighted by Crippen LogP contribution is 2.16. The van der Waals surface area contributed by atoms with Gasteiger partial charge >= 0.3 is 5.97 Å². The molecule has 0 saturated heterocycles. The van der Waals surface area contributed by atoms with Crippen molar-refractivity contribution in [2.45, 2.75) is 25.9 Å². The van der Waals surface area contributed by atoms with E-state index in [1.165, 1.54) is 6.92 Å². The highest BCUT2D eigenvalue weighted by atomic mass is 79.9. The molecular formula is C19H18BrNO4. The summed E-state index contributed by atoms with van der Waals surface area (Å²) in [5.74, 6) is -1.15. The van der Waals surface area contributed by atoms with E-state index in [9.17, 15) is 14.4 Å². The summed E-state index contributed by atoms with van der Waals surface area (Å²) >= 11 is 3.31. The van der Waals surface area contributed by atoms with Crippen molar-refractivity contribution in [2.24, 2.45) is 0 Å². The summed E-state index contributed by atoms with van der Waals surface area (Å²) in [5, 5.41) is 2.67. The molecule has 0 aliphatic rings. The lowest BCUT2D eigenvalue weighted by Gasteiger charge is -2.13. The van der Waals surface area contributed by atoms with Crippen LogP contribution >= 0.6 is 15.9 Å². The van der Waals surface area contributed by atoms with Crippen molar-refractivity contribution in [3.8, 4) is 0 Å². The Morgan fingerprint density at radius 2 is 1.76 bits per heavy atom. The second kappa shape index (κ2) is 9.13. The Labute approximate surface area is 154 Å². The van der Waals surface area contributed by atoms with Crippen LogP contribution in [0.15, 0.2) is 59.1 Å². The molecule has 5 nitrogen and oxygen atoms in total. The van der Waals surface area contributed by atoms with E-state index < -0.39 is 18.0 Å². The number of benzene rings is 2. The number of hydrogen-bond acceptors (Lipinski definition) is 4. The minimum Gasteiger partial charge on any atom is -0.453 e. The number of amides is 1. The smallest absolute Gasteiger partial charge is 0.307 e. The van der Waals surface area contributed by atoms with Crippen LogP contribution in [0.3, 0.4) is 0 Å². The lowest BCUT2D eigenvalue weighted by molar-refractivity contribution is -0.153. The fraction of sp³-hybridized carbons (Fsp3) is 0.211. The molecule has 2 aromatic rings. The van der Waals surface area contributed by atoms with Gasteiger partial charge in [0.15, 0.2) is 11.9 Å². The number of anilines is 1. The van der Waals surface area contributed by atoms with E-state index >= 15 is 0 Å². The van der Waals surface area contributed by atoms with Crippen LogP contribution in [0, 0.1) is 0 Å². The van der Waals surface area contributed by atoms with Gasteiger partial charge in [-0.25, -0.2) is 0 Å². The Kier molecular flexibility index (Phi) is 6.89. The fourth-order valence-corrected chi connectivity index (χ4v) is 2.50. The van der Waals surface area contributed by atoms with Crippen LogP contribution in [-0.2, 0) is 14.3 Å². The quantitative estimate of drug-likeness (QED) is 0.560. The first-order valence-electron chi connectivity index (χ1n) is 7.80. The van der Waals surface area contributed by atoms with E-state index in [2.05, 4.69) is 21.2 Å². The fourth-order valence-electron chi connectivity index (χ4n) is 2.10. The number of esters is 1. The molecule has 1 amide bonds. The van der Waals surface area contributed by atoms with Crippen LogP contribution in [0.2, 0.25) is 0 Å². The van der Waals surface area contributed by atoms with Gasteiger partial charge in [0, 0.05) is 22.1 Å². The van der Waals surface area contributed by atoms with Crippen molar-refractivity contribution in [3.63, 3.8) is 0 Å². The van der Waals surface area contributed by atoms with Gasteiger partial charge in [-0.1, -0.05) is 52.3 Å². The Morgan fingerprint density at radius 3 is 2.44 bits per heavy atom. The molecule has 0 spiro atoms. The number of carbonyl (C=O) groups is 3. The van der Waals surface area contributed by atoms with Gasteiger partial charge in [-0.3, -0.25) is 14.4 Å². The molecule has 2 aromatic carbocycles. The standard InChI is InChI=1S/C19H18BrNO4/c1-13(19(24)21-16-9-5-8-15(20)12-16)25-18(23)11-10-17(22)14-6-3-2-4-7-14/h2-9,12-13H,10-11H2,1H3,(H,21,24)/t13-/m1/s1. The average Bonchev–Trinajstić information content (AvgIpc) is 2.60. The van der Waals surface area contributed by atoms with Gasteiger partial charge in [0.2, 0.25) is 0 Å². The van der Waals surface area contributed by atoms with Crippen molar-refractivity contribution in [2.75, 3.05) is 5.32 Å². The Bertz CT molecular complexity index is 761. The van der Waals surface area contributed by atoms with Crippen molar-refractivity contribution in [1.82, 2.24) is 0 Å². The molecule has 0 fully saturated rings. The van der Waals surface area contributed by atoms with Gasteiger partial charge in [-0.2, -0.15) is 0 Å². The van der Waals surface area contributed by atoms with Gasteiger partial charge < -0.3 is 10.1 Å². The molecule has 0 saturated carbocycles. The third-order valence-electron chi connectivity index (χ3n) is 3.42. The number of ether oxygens (including phenoxy) is 1. The van der Waals surface area contributed by atoms with Crippen LogP contribution in [-0.4, -0.2) is 23.8 Å². The largest absolute Gasteiger partial charge is 0.453 e. The summed E-state index contributed by atoms with van der Waals surface area (Å²) in [6.45, 7) is 1.49. The zero-order valence-corrected chi connectivity index (χ0v) is 15.3. The van der Waals surface area contributed by atoms with E-state index in [4.69, 9.17) is 4.74 Å². The summed E-state index contributed by atoms with van der Waals surface area (Å²) in [6.07, 6.45) is -0.969. The monoisotopic (exact) mass is 403 g/mol. The van der Waals surface area contributed by atoms with E-state index in [-0.39, 0.29) is 18.6 Å². The van der Waals surface area contributed by atoms with Gasteiger partial charge in [0.25, 0.3) is 5.91 Å². The first-order valence-corrected chi connectivity index (χ1v) is 8.59. The maximum Gasteiger partial charge on any atom is 0.307 e. The molecule has 0 radical (unpaired) electrons. The molecule has 0 aromatic heterocycles. The minimum atomic E-state index is -0.946. The SMILES string of the molecule is C[C@@H](OC(=O)CCC(=O)c1ccccc1)C(=O)Nc1cccc(Br)c1. The molecule has 1 atom stereocenters. The first-order chi connectivity index (χ1) is 12.0. The topological polar surface area (TPSA) is 72.5 Å². The van der Waals surface area contributed by atoms with E-state index in [0.29, 0.717) is 11.3 Å².